The van der Waals surface area contributed by atoms with E-state index in [1.807, 2.05) is 25.1 Å². The molecule has 1 aliphatic heterocycles. The highest BCUT2D eigenvalue weighted by molar-refractivity contribution is 7.80. The second-order valence-corrected chi connectivity index (χ2v) is 6.80. The van der Waals surface area contributed by atoms with Gasteiger partial charge in [-0.3, -0.25) is 4.79 Å². The SMILES string of the molecule is Cc1cc(NC(=O)C(C)(C)N)ccc1N1C(=S)CCC1C. The van der Waals surface area contributed by atoms with Crippen LogP contribution in [-0.2, 0) is 4.79 Å². The van der Waals surface area contributed by atoms with Crippen LogP contribution in [0, 0.1) is 6.92 Å². The summed E-state index contributed by atoms with van der Waals surface area (Å²) in [6, 6.07) is 6.31. The Morgan fingerprint density at radius 1 is 1.48 bits per heavy atom. The van der Waals surface area contributed by atoms with Crippen LogP contribution >= 0.6 is 12.2 Å². The number of hydrogen-bond acceptors (Lipinski definition) is 3. The minimum Gasteiger partial charge on any atom is -0.333 e. The summed E-state index contributed by atoms with van der Waals surface area (Å²) in [6.45, 7) is 7.60. The van der Waals surface area contributed by atoms with Crippen LogP contribution in [0.15, 0.2) is 18.2 Å². The van der Waals surface area contributed by atoms with E-state index >= 15 is 0 Å². The molecular formula is C16H23N3OS. The Labute approximate surface area is 131 Å². The first-order chi connectivity index (χ1) is 9.70. The Morgan fingerprint density at radius 3 is 2.62 bits per heavy atom. The Balaban J connectivity index is 2.22. The van der Waals surface area contributed by atoms with Gasteiger partial charge in [-0.05, 0) is 57.9 Å². The number of aryl methyl sites for hydroxylation is 1. The van der Waals surface area contributed by atoms with Crippen molar-refractivity contribution < 1.29 is 4.79 Å². The molecule has 21 heavy (non-hydrogen) atoms. The molecular weight excluding hydrogens is 282 g/mol. The molecule has 1 fully saturated rings. The van der Waals surface area contributed by atoms with E-state index in [1.165, 1.54) is 0 Å². The molecule has 1 saturated heterocycles. The van der Waals surface area contributed by atoms with Crippen LogP contribution < -0.4 is 16.0 Å². The number of amides is 1. The number of benzene rings is 1. The van der Waals surface area contributed by atoms with Crippen molar-refractivity contribution in [1.29, 1.82) is 0 Å². The van der Waals surface area contributed by atoms with Crippen molar-refractivity contribution in [3.8, 4) is 0 Å². The monoisotopic (exact) mass is 305 g/mol. The predicted molar refractivity (Wildman–Crippen MR) is 91.8 cm³/mol. The summed E-state index contributed by atoms with van der Waals surface area (Å²) in [5.74, 6) is -0.195. The molecule has 1 amide bonds. The van der Waals surface area contributed by atoms with Gasteiger partial charge in [0.15, 0.2) is 0 Å². The van der Waals surface area contributed by atoms with Gasteiger partial charge >= 0.3 is 0 Å². The van der Waals surface area contributed by atoms with E-state index in [4.69, 9.17) is 18.0 Å². The summed E-state index contributed by atoms with van der Waals surface area (Å²) in [5.41, 5.74) is 7.88. The molecule has 3 N–H and O–H groups in total. The molecule has 1 aliphatic rings. The van der Waals surface area contributed by atoms with Gasteiger partial charge in [-0.15, -0.1) is 0 Å². The number of carbonyl (C=O) groups excluding carboxylic acids is 1. The molecule has 0 saturated carbocycles. The van der Waals surface area contributed by atoms with E-state index in [-0.39, 0.29) is 5.91 Å². The maximum Gasteiger partial charge on any atom is 0.243 e. The Morgan fingerprint density at radius 2 is 2.14 bits per heavy atom. The fourth-order valence-corrected chi connectivity index (χ4v) is 2.89. The van der Waals surface area contributed by atoms with Gasteiger partial charge < -0.3 is 16.0 Å². The molecule has 114 valence electrons. The summed E-state index contributed by atoms with van der Waals surface area (Å²) in [5, 5.41) is 2.85. The zero-order valence-corrected chi connectivity index (χ0v) is 13.9. The van der Waals surface area contributed by atoms with Crippen LogP contribution in [0.4, 0.5) is 11.4 Å². The van der Waals surface area contributed by atoms with E-state index in [0.717, 1.165) is 34.8 Å². The molecule has 0 aliphatic carbocycles. The second kappa shape index (κ2) is 5.73. The molecule has 1 atom stereocenters. The van der Waals surface area contributed by atoms with Crippen molar-refractivity contribution in [2.45, 2.75) is 52.1 Å². The predicted octanol–water partition coefficient (Wildman–Crippen LogP) is 2.99. The van der Waals surface area contributed by atoms with Crippen molar-refractivity contribution in [3.63, 3.8) is 0 Å². The zero-order chi connectivity index (χ0) is 15.8. The van der Waals surface area contributed by atoms with Gasteiger partial charge in [0.2, 0.25) is 5.91 Å². The standard InChI is InChI=1S/C16H23N3OS/c1-10-9-12(18-15(20)16(3,4)17)6-7-13(10)19-11(2)5-8-14(19)21/h6-7,9,11H,5,8,17H2,1-4H3,(H,18,20). The zero-order valence-electron chi connectivity index (χ0n) is 13.1. The first-order valence-corrected chi connectivity index (χ1v) is 7.64. The molecule has 1 aromatic carbocycles. The molecule has 1 heterocycles. The number of nitrogens with one attached hydrogen (secondary N) is 1. The van der Waals surface area contributed by atoms with Crippen molar-refractivity contribution in [1.82, 2.24) is 0 Å². The summed E-state index contributed by atoms with van der Waals surface area (Å²) in [7, 11) is 0. The van der Waals surface area contributed by atoms with E-state index < -0.39 is 5.54 Å². The van der Waals surface area contributed by atoms with Gasteiger partial charge in [0.05, 0.1) is 10.5 Å². The average Bonchev–Trinajstić information content (AvgIpc) is 2.69. The average molecular weight is 305 g/mol. The van der Waals surface area contributed by atoms with Crippen LogP contribution in [0.3, 0.4) is 0 Å². The van der Waals surface area contributed by atoms with Gasteiger partial charge in [0.1, 0.15) is 0 Å². The molecule has 0 bridgehead atoms. The number of anilines is 2. The maximum atomic E-state index is 11.9. The van der Waals surface area contributed by atoms with Crippen LogP contribution in [-0.4, -0.2) is 22.5 Å². The summed E-state index contributed by atoms with van der Waals surface area (Å²) in [4.78, 5) is 15.1. The fourth-order valence-electron chi connectivity index (χ4n) is 2.50. The molecule has 1 aromatic rings. The third kappa shape index (κ3) is 3.41. The van der Waals surface area contributed by atoms with Gasteiger partial charge in [-0.1, -0.05) is 12.2 Å². The molecule has 0 aromatic heterocycles. The lowest BCUT2D eigenvalue weighted by atomic mass is 10.1. The highest BCUT2D eigenvalue weighted by Gasteiger charge is 2.27. The van der Waals surface area contributed by atoms with Gasteiger partial charge in [0, 0.05) is 23.8 Å². The second-order valence-electron chi connectivity index (χ2n) is 6.33. The topological polar surface area (TPSA) is 58.4 Å². The maximum absolute atomic E-state index is 11.9. The Kier molecular flexibility index (Phi) is 4.35. The van der Waals surface area contributed by atoms with E-state index in [9.17, 15) is 4.79 Å². The lowest BCUT2D eigenvalue weighted by molar-refractivity contribution is -0.120. The number of carbonyl (C=O) groups is 1. The van der Waals surface area contributed by atoms with Crippen molar-refractivity contribution in [2.75, 3.05) is 10.2 Å². The molecule has 4 nitrogen and oxygen atoms in total. The van der Waals surface area contributed by atoms with Crippen LogP contribution in [0.25, 0.3) is 0 Å². The van der Waals surface area contributed by atoms with Gasteiger partial charge in [-0.2, -0.15) is 0 Å². The highest BCUT2D eigenvalue weighted by atomic mass is 32.1. The van der Waals surface area contributed by atoms with E-state index in [2.05, 4.69) is 17.1 Å². The third-order valence-corrected chi connectivity index (χ3v) is 4.19. The quantitative estimate of drug-likeness (QED) is 0.843. The molecule has 5 heteroatoms. The smallest absolute Gasteiger partial charge is 0.243 e. The third-order valence-electron chi connectivity index (χ3n) is 3.78. The van der Waals surface area contributed by atoms with Gasteiger partial charge in [0.25, 0.3) is 0 Å². The Hall–Kier alpha value is -1.46. The first-order valence-electron chi connectivity index (χ1n) is 7.23. The number of thiocarbonyl (C=S) groups is 1. The summed E-state index contributed by atoms with van der Waals surface area (Å²) < 4.78 is 0. The lowest BCUT2D eigenvalue weighted by Crippen LogP contribution is -2.45. The molecule has 0 spiro atoms. The van der Waals surface area contributed by atoms with Gasteiger partial charge in [-0.25, -0.2) is 0 Å². The van der Waals surface area contributed by atoms with Crippen molar-refractivity contribution in [2.24, 2.45) is 5.73 Å². The first kappa shape index (κ1) is 15.9. The number of nitrogens with zero attached hydrogens (tertiary/aromatic N) is 1. The Bertz CT molecular complexity index is 577. The van der Waals surface area contributed by atoms with Crippen LogP contribution in [0.2, 0.25) is 0 Å². The number of nitrogens with two attached hydrogens (primary N) is 1. The lowest BCUT2D eigenvalue weighted by Gasteiger charge is -2.26. The normalized spacial score (nSPS) is 19.0. The summed E-state index contributed by atoms with van der Waals surface area (Å²) >= 11 is 5.45. The van der Waals surface area contributed by atoms with E-state index in [1.54, 1.807) is 13.8 Å². The highest BCUT2D eigenvalue weighted by Crippen LogP contribution is 2.31. The number of hydrogen-bond donors (Lipinski definition) is 2. The molecule has 1 unspecified atom stereocenters. The summed E-state index contributed by atoms with van der Waals surface area (Å²) in [6.07, 6.45) is 2.06. The minimum absolute atomic E-state index is 0.195. The van der Waals surface area contributed by atoms with Crippen molar-refractivity contribution >= 4 is 34.5 Å². The molecule has 2 rings (SSSR count). The molecule has 0 radical (unpaired) electrons. The fraction of sp³-hybridized carbons (Fsp3) is 0.500. The minimum atomic E-state index is -0.891. The largest absolute Gasteiger partial charge is 0.333 e. The van der Waals surface area contributed by atoms with E-state index in [0.29, 0.717) is 6.04 Å². The number of rotatable bonds is 3. The van der Waals surface area contributed by atoms with Crippen LogP contribution in [0.1, 0.15) is 39.2 Å². The van der Waals surface area contributed by atoms with Crippen LogP contribution in [0.5, 0.6) is 0 Å². The van der Waals surface area contributed by atoms with Crippen molar-refractivity contribution in [3.05, 3.63) is 23.8 Å².